The maximum Gasteiger partial charge on any atom is 0.242 e. The minimum absolute atomic E-state index is 0.0881. The van der Waals surface area contributed by atoms with Gasteiger partial charge < -0.3 is 10.6 Å². The molecule has 5 heteroatoms. The number of thioether (sulfide) groups is 1. The molecule has 0 bridgehead atoms. The van der Waals surface area contributed by atoms with E-state index < -0.39 is 6.04 Å². The molecule has 2 N–H and O–H groups in total. The van der Waals surface area contributed by atoms with Crippen LogP contribution >= 0.6 is 11.8 Å². The van der Waals surface area contributed by atoms with Crippen molar-refractivity contribution in [2.24, 2.45) is 0 Å². The highest BCUT2D eigenvalue weighted by Crippen LogP contribution is 2.39. The van der Waals surface area contributed by atoms with Crippen molar-refractivity contribution in [3.05, 3.63) is 65.7 Å². The molecule has 124 valence electrons. The lowest BCUT2D eigenvalue weighted by Crippen LogP contribution is -2.46. The summed E-state index contributed by atoms with van der Waals surface area (Å²) in [6, 6.07) is 17.1. The fraction of sp³-hybridized carbons (Fsp3) is 0.263. The zero-order valence-electron chi connectivity index (χ0n) is 13.5. The summed E-state index contributed by atoms with van der Waals surface area (Å²) in [7, 11) is 0. The Morgan fingerprint density at radius 1 is 1.12 bits per heavy atom. The second kappa shape index (κ2) is 7.53. The number of amides is 2. The van der Waals surface area contributed by atoms with Gasteiger partial charge in [-0.25, -0.2) is 0 Å². The Hall–Kier alpha value is -2.27. The minimum atomic E-state index is -0.557. The molecule has 2 aromatic rings. The Morgan fingerprint density at radius 2 is 1.83 bits per heavy atom. The monoisotopic (exact) mass is 340 g/mol. The van der Waals surface area contributed by atoms with Gasteiger partial charge in [-0.05, 0) is 24.1 Å². The molecule has 2 amide bonds. The Bertz CT molecular complexity index is 733. The third kappa shape index (κ3) is 3.79. The van der Waals surface area contributed by atoms with Crippen LogP contribution in [0.5, 0.6) is 0 Å². The van der Waals surface area contributed by atoms with Gasteiger partial charge in [-0.15, -0.1) is 11.8 Å². The van der Waals surface area contributed by atoms with E-state index in [0.717, 1.165) is 21.8 Å². The predicted molar refractivity (Wildman–Crippen MR) is 95.8 cm³/mol. The first-order valence-electron chi connectivity index (χ1n) is 7.99. The minimum Gasteiger partial charge on any atom is -0.350 e. The van der Waals surface area contributed by atoms with Crippen molar-refractivity contribution < 1.29 is 9.59 Å². The summed E-state index contributed by atoms with van der Waals surface area (Å²) >= 11 is 1.69. The highest BCUT2D eigenvalue weighted by Gasteiger charge is 2.30. The number of fused-ring (bicyclic) bond motifs is 1. The van der Waals surface area contributed by atoms with Crippen LogP contribution in [0.25, 0.3) is 0 Å². The van der Waals surface area contributed by atoms with Gasteiger partial charge in [0.15, 0.2) is 0 Å². The van der Waals surface area contributed by atoms with Crippen LogP contribution in [0.4, 0.5) is 0 Å². The lowest BCUT2D eigenvalue weighted by atomic mass is 10.0. The number of carbonyl (C=O) groups excluding carboxylic acids is 2. The van der Waals surface area contributed by atoms with Gasteiger partial charge in [0.2, 0.25) is 11.8 Å². The van der Waals surface area contributed by atoms with E-state index in [1.807, 2.05) is 54.6 Å². The van der Waals surface area contributed by atoms with Gasteiger partial charge in [-0.3, -0.25) is 9.59 Å². The molecule has 1 heterocycles. The molecule has 2 atom stereocenters. The Morgan fingerprint density at radius 3 is 2.62 bits per heavy atom. The van der Waals surface area contributed by atoms with Crippen LogP contribution in [0.2, 0.25) is 0 Å². The lowest BCUT2D eigenvalue weighted by Gasteiger charge is -2.17. The largest absolute Gasteiger partial charge is 0.350 e. The summed E-state index contributed by atoms with van der Waals surface area (Å²) in [6.45, 7) is 2.17. The number of hydrogen-bond acceptors (Lipinski definition) is 3. The molecule has 4 nitrogen and oxygen atoms in total. The number of benzene rings is 2. The summed E-state index contributed by atoms with van der Waals surface area (Å²) in [5.41, 5.74) is 2.09. The maximum absolute atomic E-state index is 12.5. The van der Waals surface area contributed by atoms with Gasteiger partial charge in [-0.2, -0.15) is 0 Å². The van der Waals surface area contributed by atoms with Gasteiger partial charge in [0, 0.05) is 17.2 Å². The molecule has 1 aliphatic heterocycles. The van der Waals surface area contributed by atoms with E-state index >= 15 is 0 Å². The first-order chi connectivity index (χ1) is 11.6. The fourth-order valence-corrected chi connectivity index (χ4v) is 3.93. The van der Waals surface area contributed by atoms with Crippen molar-refractivity contribution in [1.82, 2.24) is 10.6 Å². The molecule has 0 spiro atoms. The predicted octanol–water partition coefficient (Wildman–Crippen LogP) is 2.70. The summed E-state index contributed by atoms with van der Waals surface area (Å²) < 4.78 is 0. The van der Waals surface area contributed by atoms with E-state index in [4.69, 9.17) is 0 Å². The molecular formula is C19H20N2O2S. The van der Waals surface area contributed by atoms with Crippen molar-refractivity contribution in [3.8, 4) is 0 Å². The summed E-state index contributed by atoms with van der Waals surface area (Å²) in [6.07, 6.45) is 0. The molecular weight excluding hydrogens is 320 g/mol. The summed E-state index contributed by atoms with van der Waals surface area (Å²) in [5.74, 6) is 0.278. The molecule has 0 fully saturated rings. The highest BCUT2D eigenvalue weighted by atomic mass is 32.2. The average Bonchev–Trinajstić information content (AvgIpc) is 3.04. The topological polar surface area (TPSA) is 58.2 Å². The average molecular weight is 340 g/mol. The third-order valence-electron chi connectivity index (χ3n) is 4.08. The van der Waals surface area contributed by atoms with E-state index in [1.54, 1.807) is 18.7 Å². The van der Waals surface area contributed by atoms with Gasteiger partial charge in [-0.1, -0.05) is 48.5 Å². The van der Waals surface area contributed by atoms with Gasteiger partial charge in [0.05, 0.1) is 5.92 Å². The van der Waals surface area contributed by atoms with Crippen molar-refractivity contribution in [2.45, 2.75) is 30.3 Å². The van der Waals surface area contributed by atoms with Crippen LogP contribution in [0.1, 0.15) is 24.0 Å². The van der Waals surface area contributed by atoms with Gasteiger partial charge in [0.25, 0.3) is 0 Å². The normalized spacial score (nSPS) is 17.0. The molecule has 2 aromatic carbocycles. The SMILES string of the molecule is C[C@H](NC(=O)[C@H]1CSc2ccccc21)C(=O)NCc1ccccc1. The number of carbonyl (C=O) groups is 2. The van der Waals surface area contributed by atoms with Gasteiger partial charge >= 0.3 is 0 Å². The van der Waals surface area contributed by atoms with E-state index in [-0.39, 0.29) is 17.7 Å². The molecule has 0 saturated heterocycles. The Labute approximate surface area is 146 Å². The molecule has 1 aliphatic rings. The second-order valence-electron chi connectivity index (χ2n) is 5.84. The Balaban J connectivity index is 1.54. The fourth-order valence-electron chi connectivity index (χ4n) is 2.70. The molecule has 0 unspecified atom stereocenters. The van der Waals surface area contributed by atoms with Crippen LogP contribution in [0.3, 0.4) is 0 Å². The van der Waals surface area contributed by atoms with E-state index in [2.05, 4.69) is 10.6 Å². The zero-order valence-corrected chi connectivity index (χ0v) is 14.3. The van der Waals surface area contributed by atoms with Crippen LogP contribution in [0, 0.1) is 0 Å². The Kier molecular flexibility index (Phi) is 5.20. The van der Waals surface area contributed by atoms with Crippen LogP contribution in [-0.2, 0) is 16.1 Å². The highest BCUT2D eigenvalue weighted by molar-refractivity contribution is 7.99. The zero-order chi connectivity index (χ0) is 16.9. The van der Waals surface area contributed by atoms with Crippen LogP contribution in [0.15, 0.2) is 59.5 Å². The molecule has 24 heavy (non-hydrogen) atoms. The molecule has 0 saturated carbocycles. The number of rotatable bonds is 5. The van der Waals surface area contributed by atoms with Crippen molar-refractivity contribution >= 4 is 23.6 Å². The quantitative estimate of drug-likeness (QED) is 0.880. The first-order valence-corrected chi connectivity index (χ1v) is 8.97. The summed E-state index contributed by atoms with van der Waals surface area (Å²) in [5, 5.41) is 5.69. The maximum atomic E-state index is 12.5. The molecule has 0 aromatic heterocycles. The summed E-state index contributed by atoms with van der Waals surface area (Å²) in [4.78, 5) is 25.8. The molecule has 0 aliphatic carbocycles. The molecule has 3 rings (SSSR count). The van der Waals surface area contributed by atoms with E-state index in [1.165, 1.54) is 0 Å². The molecule has 0 radical (unpaired) electrons. The standard InChI is InChI=1S/C19H20N2O2S/c1-13(18(22)20-11-14-7-3-2-4-8-14)21-19(23)16-12-24-17-10-6-5-9-15(16)17/h2-10,13,16H,11-12H2,1H3,(H,20,22)(H,21,23)/t13-,16-/m0/s1. The van der Waals surface area contributed by atoms with E-state index in [9.17, 15) is 9.59 Å². The van der Waals surface area contributed by atoms with Crippen molar-refractivity contribution in [2.75, 3.05) is 5.75 Å². The first kappa shape index (κ1) is 16.6. The lowest BCUT2D eigenvalue weighted by molar-refractivity contribution is -0.129. The van der Waals surface area contributed by atoms with E-state index in [0.29, 0.717) is 6.54 Å². The number of hydrogen-bond donors (Lipinski definition) is 2. The van der Waals surface area contributed by atoms with Crippen LogP contribution < -0.4 is 10.6 Å². The van der Waals surface area contributed by atoms with Crippen molar-refractivity contribution in [1.29, 1.82) is 0 Å². The van der Waals surface area contributed by atoms with Gasteiger partial charge in [0.1, 0.15) is 6.04 Å². The number of nitrogens with one attached hydrogen (secondary N) is 2. The van der Waals surface area contributed by atoms with Crippen LogP contribution in [-0.4, -0.2) is 23.6 Å². The smallest absolute Gasteiger partial charge is 0.242 e. The van der Waals surface area contributed by atoms with Crippen molar-refractivity contribution in [3.63, 3.8) is 0 Å². The third-order valence-corrected chi connectivity index (χ3v) is 5.26. The second-order valence-corrected chi connectivity index (χ2v) is 6.90.